The van der Waals surface area contributed by atoms with E-state index in [9.17, 15) is 4.39 Å². The van der Waals surface area contributed by atoms with Gasteiger partial charge in [0, 0.05) is 16.4 Å². The van der Waals surface area contributed by atoms with Crippen LogP contribution in [-0.2, 0) is 0 Å². The highest BCUT2D eigenvalue weighted by atomic mass is 35.5. The van der Waals surface area contributed by atoms with Crippen molar-refractivity contribution in [2.75, 3.05) is 10.6 Å². The summed E-state index contributed by atoms with van der Waals surface area (Å²) in [5.41, 5.74) is 2.60. The maximum atomic E-state index is 12.8. The molecule has 0 aliphatic rings. The molecule has 0 spiro atoms. The lowest BCUT2D eigenvalue weighted by Gasteiger charge is -2.12. The normalized spacial score (nSPS) is 10.1. The SMILES string of the molecule is Cc1ccc(Cl)cc1NC(=S)Nc1ccc(F)cc1. The molecule has 2 aromatic carbocycles. The Kier molecular flexibility index (Phi) is 4.35. The minimum Gasteiger partial charge on any atom is -0.332 e. The molecule has 98 valence electrons. The Morgan fingerprint density at radius 3 is 2.47 bits per heavy atom. The molecule has 0 atom stereocenters. The molecule has 5 heteroatoms. The van der Waals surface area contributed by atoms with E-state index in [0.29, 0.717) is 10.1 Å². The summed E-state index contributed by atoms with van der Waals surface area (Å²) in [5, 5.41) is 7.10. The van der Waals surface area contributed by atoms with Crippen LogP contribution in [-0.4, -0.2) is 5.11 Å². The van der Waals surface area contributed by atoms with Crippen LogP contribution in [0.5, 0.6) is 0 Å². The minimum absolute atomic E-state index is 0.282. The molecular weight excluding hydrogens is 283 g/mol. The first-order valence-electron chi connectivity index (χ1n) is 5.64. The molecule has 0 radical (unpaired) electrons. The number of anilines is 2. The number of aryl methyl sites for hydroxylation is 1. The van der Waals surface area contributed by atoms with E-state index in [1.165, 1.54) is 12.1 Å². The zero-order valence-corrected chi connectivity index (χ0v) is 11.8. The van der Waals surface area contributed by atoms with Gasteiger partial charge < -0.3 is 10.6 Å². The van der Waals surface area contributed by atoms with E-state index in [0.717, 1.165) is 16.9 Å². The quantitative estimate of drug-likeness (QED) is 0.792. The van der Waals surface area contributed by atoms with Gasteiger partial charge >= 0.3 is 0 Å². The lowest BCUT2D eigenvalue weighted by molar-refractivity contribution is 0.628. The van der Waals surface area contributed by atoms with E-state index in [2.05, 4.69) is 10.6 Å². The van der Waals surface area contributed by atoms with Gasteiger partial charge in [-0.05, 0) is 61.1 Å². The minimum atomic E-state index is -0.282. The van der Waals surface area contributed by atoms with Crippen LogP contribution >= 0.6 is 23.8 Å². The third-order valence-corrected chi connectivity index (χ3v) is 2.99. The van der Waals surface area contributed by atoms with E-state index in [4.69, 9.17) is 23.8 Å². The van der Waals surface area contributed by atoms with Crippen LogP contribution in [0.25, 0.3) is 0 Å². The summed E-state index contributed by atoms with van der Waals surface area (Å²) in [4.78, 5) is 0. The van der Waals surface area contributed by atoms with Crippen molar-refractivity contribution in [3.8, 4) is 0 Å². The van der Waals surface area contributed by atoms with Crippen LogP contribution in [0.1, 0.15) is 5.56 Å². The van der Waals surface area contributed by atoms with Crippen molar-refractivity contribution in [1.29, 1.82) is 0 Å². The molecule has 0 saturated carbocycles. The molecular formula is C14H12ClFN2S. The summed E-state index contributed by atoms with van der Waals surface area (Å²) < 4.78 is 12.8. The third kappa shape index (κ3) is 3.91. The number of halogens is 2. The molecule has 2 aromatic rings. The van der Waals surface area contributed by atoms with Crippen LogP contribution in [0.3, 0.4) is 0 Å². The fraction of sp³-hybridized carbons (Fsp3) is 0.0714. The van der Waals surface area contributed by atoms with Crippen molar-refractivity contribution in [3.05, 3.63) is 58.9 Å². The van der Waals surface area contributed by atoms with Crippen molar-refractivity contribution in [1.82, 2.24) is 0 Å². The highest BCUT2D eigenvalue weighted by molar-refractivity contribution is 7.80. The van der Waals surface area contributed by atoms with Crippen molar-refractivity contribution in [2.24, 2.45) is 0 Å². The molecule has 19 heavy (non-hydrogen) atoms. The van der Waals surface area contributed by atoms with E-state index < -0.39 is 0 Å². The molecule has 0 heterocycles. The summed E-state index contributed by atoms with van der Waals surface area (Å²) >= 11 is 11.1. The van der Waals surface area contributed by atoms with Gasteiger partial charge in [0.25, 0.3) is 0 Å². The molecule has 0 bridgehead atoms. The molecule has 0 saturated heterocycles. The van der Waals surface area contributed by atoms with Crippen LogP contribution in [0.15, 0.2) is 42.5 Å². The third-order valence-electron chi connectivity index (χ3n) is 2.55. The second-order valence-corrected chi connectivity index (χ2v) is 4.89. The monoisotopic (exact) mass is 294 g/mol. The average molecular weight is 295 g/mol. The summed E-state index contributed by atoms with van der Waals surface area (Å²) in [6, 6.07) is 11.5. The Bertz CT molecular complexity index is 599. The molecule has 0 unspecified atom stereocenters. The highest BCUT2D eigenvalue weighted by Crippen LogP contribution is 2.20. The van der Waals surface area contributed by atoms with Gasteiger partial charge in [-0.2, -0.15) is 0 Å². The van der Waals surface area contributed by atoms with Gasteiger partial charge in [0.15, 0.2) is 5.11 Å². The first-order chi connectivity index (χ1) is 9.04. The highest BCUT2D eigenvalue weighted by Gasteiger charge is 2.03. The molecule has 0 aliphatic carbocycles. The fourth-order valence-electron chi connectivity index (χ4n) is 1.55. The largest absolute Gasteiger partial charge is 0.332 e. The number of hydrogen-bond donors (Lipinski definition) is 2. The van der Waals surface area contributed by atoms with Crippen molar-refractivity contribution >= 4 is 40.3 Å². The number of rotatable bonds is 2. The van der Waals surface area contributed by atoms with E-state index in [1.807, 2.05) is 19.1 Å². The standard InChI is InChI=1S/C14H12ClFN2S/c1-9-2-3-10(15)8-13(9)18-14(19)17-12-6-4-11(16)5-7-12/h2-8H,1H3,(H2,17,18,19). The Hall–Kier alpha value is -1.65. The molecule has 0 aliphatic heterocycles. The maximum absolute atomic E-state index is 12.8. The summed E-state index contributed by atoms with van der Waals surface area (Å²) in [7, 11) is 0. The van der Waals surface area contributed by atoms with E-state index in [-0.39, 0.29) is 5.82 Å². The lowest BCUT2D eigenvalue weighted by Crippen LogP contribution is -2.19. The van der Waals surface area contributed by atoms with Crippen molar-refractivity contribution in [2.45, 2.75) is 6.92 Å². The topological polar surface area (TPSA) is 24.1 Å². The van der Waals surface area contributed by atoms with Gasteiger partial charge in [0.1, 0.15) is 5.82 Å². The molecule has 2 nitrogen and oxygen atoms in total. The second kappa shape index (κ2) is 5.99. The zero-order chi connectivity index (χ0) is 13.8. The molecule has 2 rings (SSSR count). The van der Waals surface area contributed by atoms with E-state index in [1.54, 1.807) is 18.2 Å². The average Bonchev–Trinajstić information content (AvgIpc) is 2.37. The van der Waals surface area contributed by atoms with Crippen LogP contribution in [0, 0.1) is 12.7 Å². The maximum Gasteiger partial charge on any atom is 0.175 e. The first kappa shape index (κ1) is 13.8. The predicted molar refractivity (Wildman–Crippen MR) is 82.4 cm³/mol. The Morgan fingerprint density at radius 1 is 1.11 bits per heavy atom. The van der Waals surface area contributed by atoms with E-state index >= 15 is 0 Å². The summed E-state index contributed by atoms with van der Waals surface area (Å²) in [6.07, 6.45) is 0. The Morgan fingerprint density at radius 2 is 1.79 bits per heavy atom. The molecule has 0 fully saturated rings. The number of thiocarbonyl (C=S) groups is 1. The van der Waals surface area contributed by atoms with Gasteiger partial charge in [-0.25, -0.2) is 4.39 Å². The van der Waals surface area contributed by atoms with Crippen LogP contribution in [0.4, 0.5) is 15.8 Å². The Labute approximate surface area is 121 Å². The summed E-state index contributed by atoms with van der Waals surface area (Å²) in [6.45, 7) is 1.96. The molecule has 0 amide bonds. The second-order valence-electron chi connectivity index (χ2n) is 4.05. The van der Waals surface area contributed by atoms with Crippen LogP contribution in [0.2, 0.25) is 5.02 Å². The molecule has 2 N–H and O–H groups in total. The van der Waals surface area contributed by atoms with Crippen molar-refractivity contribution in [3.63, 3.8) is 0 Å². The number of hydrogen-bond acceptors (Lipinski definition) is 1. The van der Waals surface area contributed by atoms with Gasteiger partial charge in [0.05, 0.1) is 0 Å². The Balaban J connectivity index is 2.05. The van der Waals surface area contributed by atoms with Crippen LogP contribution < -0.4 is 10.6 Å². The molecule has 0 aromatic heterocycles. The van der Waals surface area contributed by atoms with Gasteiger partial charge in [-0.3, -0.25) is 0 Å². The lowest BCUT2D eigenvalue weighted by atomic mass is 10.2. The number of nitrogens with one attached hydrogen (secondary N) is 2. The first-order valence-corrected chi connectivity index (χ1v) is 6.43. The fourth-order valence-corrected chi connectivity index (χ4v) is 1.95. The smallest absolute Gasteiger partial charge is 0.175 e. The predicted octanol–water partition coefficient (Wildman–Crippen LogP) is 4.60. The zero-order valence-electron chi connectivity index (χ0n) is 10.2. The van der Waals surface area contributed by atoms with Gasteiger partial charge in [-0.1, -0.05) is 17.7 Å². The number of benzene rings is 2. The van der Waals surface area contributed by atoms with Gasteiger partial charge in [0.2, 0.25) is 0 Å². The summed E-state index contributed by atoms with van der Waals surface area (Å²) in [5.74, 6) is -0.282. The van der Waals surface area contributed by atoms with Gasteiger partial charge in [-0.15, -0.1) is 0 Å². The van der Waals surface area contributed by atoms with Crippen molar-refractivity contribution < 1.29 is 4.39 Å².